The highest BCUT2D eigenvalue weighted by Gasteiger charge is 2.57. The van der Waals surface area contributed by atoms with Gasteiger partial charge in [0.2, 0.25) is 0 Å². The summed E-state index contributed by atoms with van der Waals surface area (Å²) in [5, 5.41) is 1.98. The van der Waals surface area contributed by atoms with Crippen LogP contribution in [0.1, 0.15) is 24.8 Å². The van der Waals surface area contributed by atoms with Gasteiger partial charge in [-0.15, -0.1) is 0 Å². The first-order chi connectivity index (χ1) is 14.0. The monoisotopic (exact) mass is 436 g/mol. The minimum atomic E-state index is -5.77. The number of alkyl halides is 6. The zero-order valence-electron chi connectivity index (χ0n) is 15.6. The van der Waals surface area contributed by atoms with Crippen molar-refractivity contribution in [3.05, 3.63) is 48.0 Å². The van der Waals surface area contributed by atoms with E-state index in [2.05, 4.69) is 4.74 Å². The molecule has 10 heteroatoms. The average molecular weight is 436 g/mol. The molecule has 0 spiro atoms. The first kappa shape index (κ1) is 23.5. The second-order valence-electron chi connectivity index (χ2n) is 6.52. The molecule has 0 saturated carbocycles. The van der Waals surface area contributed by atoms with Crippen LogP contribution >= 0.6 is 0 Å². The number of rotatable bonds is 9. The third-order valence-electron chi connectivity index (χ3n) is 4.06. The molecule has 2 rings (SSSR count). The van der Waals surface area contributed by atoms with Gasteiger partial charge in [-0.05, 0) is 28.8 Å². The molecular formula is C20H18F6O4. The van der Waals surface area contributed by atoms with Crippen LogP contribution in [0.3, 0.4) is 0 Å². The van der Waals surface area contributed by atoms with Gasteiger partial charge in [-0.2, -0.15) is 22.0 Å². The van der Waals surface area contributed by atoms with Crippen molar-refractivity contribution >= 4 is 22.7 Å². The molecule has 4 nitrogen and oxygen atoms in total. The largest absolute Gasteiger partial charge is 0.461 e. The van der Waals surface area contributed by atoms with E-state index in [9.17, 15) is 35.9 Å². The van der Waals surface area contributed by atoms with E-state index in [1.807, 2.05) is 36.4 Å². The maximum absolute atomic E-state index is 13.0. The Morgan fingerprint density at radius 2 is 1.47 bits per heavy atom. The Balaban J connectivity index is 1.69. The fourth-order valence-electron chi connectivity index (χ4n) is 2.50. The van der Waals surface area contributed by atoms with Crippen LogP contribution in [0.15, 0.2) is 42.5 Å². The normalized spacial score (nSPS) is 13.1. The highest BCUT2D eigenvalue weighted by molar-refractivity contribution is 5.83. The van der Waals surface area contributed by atoms with E-state index in [-0.39, 0.29) is 19.4 Å². The second kappa shape index (κ2) is 9.82. The van der Waals surface area contributed by atoms with Crippen LogP contribution in [0.5, 0.6) is 0 Å². The fraction of sp³-hybridized carbons (Fsp3) is 0.400. The molecule has 0 fully saturated rings. The quantitative estimate of drug-likeness (QED) is 0.404. The topological polar surface area (TPSA) is 52.6 Å². The van der Waals surface area contributed by atoms with Crippen molar-refractivity contribution < 1.29 is 45.4 Å². The summed E-state index contributed by atoms with van der Waals surface area (Å²) in [6, 6.07) is 13.1. The summed E-state index contributed by atoms with van der Waals surface area (Å²) in [6.07, 6.45) is -11.1. The molecule has 0 radical (unpaired) electrons. The van der Waals surface area contributed by atoms with E-state index in [1.165, 1.54) is 0 Å². The number of fused-ring (bicyclic) bond motifs is 1. The Labute approximate surface area is 167 Å². The molecule has 1 atom stereocenters. The molecular weight excluding hydrogens is 418 g/mol. The van der Waals surface area contributed by atoms with E-state index in [4.69, 9.17) is 4.74 Å². The predicted octanol–water partition coefficient (Wildman–Crippen LogP) is 5.13. The first-order valence-corrected chi connectivity index (χ1v) is 8.86. The molecule has 0 saturated heterocycles. The van der Waals surface area contributed by atoms with E-state index >= 15 is 0 Å². The number of halogens is 6. The Morgan fingerprint density at radius 3 is 2.10 bits per heavy atom. The third kappa shape index (κ3) is 6.93. The molecule has 0 N–H and O–H groups in total. The molecule has 0 aliphatic heterocycles. The van der Waals surface area contributed by atoms with Gasteiger partial charge in [0.25, 0.3) is 6.17 Å². The zero-order chi connectivity index (χ0) is 22.4. The summed E-state index contributed by atoms with van der Waals surface area (Å²) < 4.78 is 83.8. The molecule has 0 amide bonds. The Morgan fingerprint density at radius 1 is 0.867 bits per heavy atom. The van der Waals surface area contributed by atoms with Gasteiger partial charge in [0.1, 0.15) is 6.61 Å². The van der Waals surface area contributed by atoms with Crippen LogP contribution in [0.25, 0.3) is 10.8 Å². The summed E-state index contributed by atoms with van der Waals surface area (Å²) in [5.74, 6) is -6.82. The van der Waals surface area contributed by atoms with Crippen LogP contribution in [0.2, 0.25) is 0 Å². The lowest BCUT2D eigenvalue weighted by Gasteiger charge is -2.22. The van der Waals surface area contributed by atoms with Crippen molar-refractivity contribution in [1.82, 2.24) is 0 Å². The summed E-state index contributed by atoms with van der Waals surface area (Å²) in [5.41, 5.74) is 0.745. The van der Waals surface area contributed by atoms with Gasteiger partial charge in [-0.25, -0.2) is 4.39 Å². The molecule has 0 aromatic heterocycles. The summed E-state index contributed by atoms with van der Waals surface area (Å²) in [4.78, 5) is 23.0. The van der Waals surface area contributed by atoms with E-state index < -0.39 is 43.2 Å². The molecule has 0 heterocycles. The minimum Gasteiger partial charge on any atom is -0.461 e. The van der Waals surface area contributed by atoms with Gasteiger partial charge in [0.15, 0.2) is 6.61 Å². The van der Waals surface area contributed by atoms with Crippen LogP contribution in [-0.2, 0) is 25.7 Å². The molecule has 2 aromatic carbocycles. The number of hydrogen-bond donors (Lipinski definition) is 0. The molecule has 0 aliphatic carbocycles. The summed E-state index contributed by atoms with van der Waals surface area (Å²) in [7, 11) is 0. The SMILES string of the molecule is O=C(CCCC(=O)OCC(F)(F)C(F)C(F)(F)F)OCc1ccc2ccccc2c1. The minimum absolute atomic E-state index is 0.00430. The third-order valence-corrected chi connectivity index (χ3v) is 4.06. The van der Waals surface area contributed by atoms with Crippen LogP contribution in [0, 0.1) is 0 Å². The van der Waals surface area contributed by atoms with Gasteiger partial charge in [0, 0.05) is 12.8 Å². The van der Waals surface area contributed by atoms with Crippen molar-refractivity contribution in [2.75, 3.05) is 6.61 Å². The zero-order valence-corrected chi connectivity index (χ0v) is 15.6. The lowest BCUT2D eigenvalue weighted by atomic mass is 10.1. The average Bonchev–Trinajstić information content (AvgIpc) is 2.69. The number of carbonyl (C=O) groups excluding carboxylic acids is 2. The van der Waals surface area contributed by atoms with Crippen molar-refractivity contribution in [3.8, 4) is 0 Å². The smallest absolute Gasteiger partial charge is 0.425 e. The van der Waals surface area contributed by atoms with Crippen LogP contribution in [-0.4, -0.2) is 36.8 Å². The van der Waals surface area contributed by atoms with E-state index in [0.29, 0.717) is 0 Å². The number of esters is 2. The molecule has 164 valence electrons. The first-order valence-electron chi connectivity index (χ1n) is 8.86. The van der Waals surface area contributed by atoms with Crippen molar-refractivity contribution in [3.63, 3.8) is 0 Å². The Hall–Kier alpha value is -2.78. The summed E-state index contributed by atoms with van der Waals surface area (Å²) in [6.45, 7) is -2.05. The van der Waals surface area contributed by atoms with E-state index in [1.54, 1.807) is 6.07 Å². The molecule has 0 aliphatic rings. The predicted molar refractivity (Wildman–Crippen MR) is 94.5 cm³/mol. The Bertz CT molecular complexity index is 881. The number of hydrogen-bond acceptors (Lipinski definition) is 4. The highest BCUT2D eigenvalue weighted by Crippen LogP contribution is 2.35. The van der Waals surface area contributed by atoms with Crippen molar-refractivity contribution in [2.45, 2.75) is 44.1 Å². The molecule has 2 aromatic rings. The number of carbonyl (C=O) groups is 2. The standard InChI is InChI=1S/C20H18F6O4/c21-18(20(24,25)26)19(22,23)12-30-17(28)7-3-6-16(27)29-11-13-8-9-14-4-1-2-5-15(14)10-13/h1-2,4-5,8-10,18H,3,6-7,11-12H2. The molecule has 1 unspecified atom stereocenters. The van der Waals surface area contributed by atoms with Gasteiger partial charge in [-0.1, -0.05) is 36.4 Å². The van der Waals surface area contributed by atoms with Crippen molar-refractivity contribution in [2.24, 2.45) is 0 Å². The van der Waals surface area contributed by atoms with Crippen LogP contribution < -0.4 is 0 Å². The molecule has 0 bridgehead atoms. The Kier molecular flexibility index (Phi) is 7.69. The van der Waals surface area contributed by atoms with Crippen molar-refractivity contribution in [1.29, 1.82) is 0 Å². The second-order valence-corrected chi connectivity index (χ2v) is 6.52. The van der Waals surface area contributed by atoms with Gasteiger partial charge in [-0.3, -0.25) is 9.59 Å². The summed E-state index contributed by atoms with van der Waals surface area (Å²) >= 11 is 0. The number of benzene rings is 2. The van der Waals surface area contributed by atoms with Gasteiger partial charge in [0.05, 0.1) is 0 Å². The lowest BCUT2D eigenvalue weighted by molar-refractivity contribution is -0.254. The van der Waals surface area contributed by atoms with E-state index in [0.717, 1.165) is 16.3 Å². The fourth-order valence-corrected chi connectivity index (χ4v) is 2.50. The van der Waals surface area contributed by atoms with Crippen LogP contribution in [0.4, 0.5) is 26.3 Å². The lowest BCUT2D eigenvalue weighted by Crippen LogP contribution is -2.45. The number of ether oxygens (including phenoxy) is 2. The molecule has 30 heavy (non-hydrogen) atoms. The maximum atomic E-state index is 13.0. The van der Waals surface area contributed by atoms with Gasteiger partial charge >= 0.3 is 24.0 Å². The van der Waals surface area contributed by atoms with Gasteiger partial charge < -0.3 is 9.47 Å². The highest BCUT2D eigenvalue weighted by atomic mass is 19.4. The maximum Gasteiger partial charge on any atom is 0.425 e.